The summed E-state index contributed by atoms with van der Waals surface area (Å²) in [7, 11) is 4.10. The highest BCUT2D eigenvalue weighted by molar-refractivity contribution is 5.87. The molecule has 122 valence electrons. The lowest BCUT2D eigenvalue weighted by Crippen LogP contribution is -2.39. The molecule has 0 saturated heterocycles. The van der Waals surface area contributed by atoms with Gasteiger partial charge in [-0.15, -0.1) is 0 Å². The Balaban J connectivity index is 2.08. The Hall–Kier alpha value is -2.13. The van der Waals surface area contributed by atoms with E-state index in [-0.39, 0.29) is 5.91 Å². The Morgan fingerprint density at radius 2 is 1.52 bits per heavy atom. The van der Waals surface area contributed by atoms with Crippen LogP contribution in [-0.2, 0) is 23.3 Å². The molecule has 3 nitrogen and oxygen atoms in total. The molecule has 0 heterocycles. The highest BCUT2D eigenvalue weighted by Gasteiger charge is 2.29. The van der Waals surface area contributed by atoms with Crippen LogP contribution >= 0.6 is 0 Å². The minimum absolute atomic E-state index is 0.0448. The predicted molar refractivity (Wildman–Crippen MR) is 95.1 cm³/mol. The lowest BCUT2D eigenvalue weighted by atomic mass is 9.83. The van der Waals surface area contributed by atoms with Crippen LogP contribution in [-0.4, -0.2) is 24.9 Å². The number of amides is 1. The van der Waals surface area contributed by atoms with Crippen molar-refractivity contribution in [1.82, 2.24) is 10.2 Å². The van der Waals surface area contributed by atoms with E-state index in [4.69, 9.17) is 0 Å². The number of benzene rings is 2. The standard InChI is InChI=1S/C20H26N2O/c1-20(2,18-12-6-5-7-13-18)19(23)21-14-16-10-8-9-11-17(16)15-22(3)4/h5-13H,14-15H2,1-4H3,(H,21,23). The maximum atomic E-state index is 12.7. The Labute approximate surface area is 139 Å². The third-order valence-corrected chi connectivity index (χ3v) is 4.11. The van der Waals surface area contributed by atoms with E-state index in [1.54, 1.807) is 0 Å². The van der Waals surface area contributed by atoms with Crippen LogP contribution in [0.3, 0.4) is 0 Å². The minimum Gasteiger partial charge on any atom is -0.351 e. The van der Waals surface area contributed by atoms with E-state index in [0.29, 0.717) is 6.54 Å². The first kappa shape index (κ1) is 17.2. The van der Waals surface area contributed by atoms with Crippen molar-refractivity contribution in [3.05, 3.63) is 71.3 Å². The molecular formula is C20H26N2O. The summed E-state index contributed by atoms with van der Waals surface area (Å²) in [5, 5.41) is 3.09. The smallest absolute Gasteiger partial charge is 0.230 e. The Morgan fingerprint density at radius 3 is 2.13 bits per heavy atom. The van der Waals surface area contributed by atoms with Crippen molar-refractivity contribution in [2.45, 2.75) is 32.4 Å². The van der Waals surface area contributed by atoms with E-state index >= 15 is 0 Å². The summed E-state index contributed by atoms with van der Waals surface area (Å²) in [4.78, 5) is 14.8. The summed E-state index contributed by atoms with van der Waals surface area (Å²) < 4.78 is 0. The molecule has 0 saturated carbocycles. The highest BCUT2D eigenvalue weighted by atomic mass is 16.2. The largest absolute Gasteiger partial charge is 0.351 e. The van der Waals surface area contributed by atoms with Gasteiger partial charge in [-0.2, -0.15) is 0 Å². The number of nitrogens with zero attached hydrogens (tertiary/aromatic N) is 1. The average molecular weight is 310 g/mol. The predicted octanol–water partition coefficient (Wildman–Crippen LogP) is 3.34. The quantitative estimate of drug-likeness (QED) is 0.887. The topological polar surface area (TPSA) is 32.3 Å². The SMILES string of the molecule is CN(C)Cc1ccccc1CNC(=O)C(C)(C)c1ccccc1. The highest BCUT2D eigenvalue weighted by Crippen LogP contribution is 2.23. The molecule has 0 fully saturated rings. The number of carbonyl (C=O) groups is 1. The van der Waals surface area contributed by atoms with Gasteiger partial charge in [0.1, 0.15) is 0 Å². The van der Waals surface area contributed by atoms with Crippen LogP contribution in [0.15, 0.2) is 54.6 Å². The van der Waals surface area contributed by atoms with Crippen LogP contribution in [0, 0.1) is 0 Å². The van der Waals surface area contributed by atoms with Crippen molar-refractivity contribution in [3.63, 3.8) is 0 Å². The molecule has 23 heavy (non-hydrogen) atoms. The molecule has 0 aliphatic carbocycles. The second kappa shape index (κ2) is 7.42. The molecule has 2 aromatic rings. The number of carbonyl (C=O) groups excluding carboxylic acids is 1. The number of hydrogen-bond acceptors (Lipinski definition) is 2. The van der Waals surface area contributed by atoms with E-state index in [1.165, 1.54) is 11.1 Å². The molecule has 2 rings (SSSR count). The van der Waals surface area contributed by atoms with Crippen LogP contribution in [0.2, 0.25) is 0 Å². The molecule has 1 N–H and O–H groups in total. The van der Waals surface area contributed by atoms with Gasteiger partial charge in [0.05, 0.1) is 5.41 Å². The molecule has 0 aliphatic rings. The summed E-state index contributed by atoms with van der Waals surface area (Å²) >= 11 is 0. The van der Waals surface area contributed by atoms with Gasteiger partial charge in [-0.05, 0) is 44.6 Å². The van der Waals surface area contributed by atoms with Crippen molar-refractivity contribution < 1.29 is 4.79 Å². The van der Waals surface area contributed by atoms with Crippen molar-refractivity contribution in [3.8, 4) is 0 Å². The Morgan fingerprint density at radius 1 is 0.957 bits per heavy atom. The molecular weight excluding hydrogens is 284 g/mol. The molecule has 1 amide bonds. The first-order chi connectivity index (χ1) is 10.9. The molecule has 0 radical (unpaired) electrons. The number of rotatable bonds is 6. The molecule has 0 aromatic heterocycles. The lowest BCUT2D eigenvalue weighted by Gasteiger charge is -2.24. The lowest BCUT2D eigenvalue weighted by molar-refractivity contribution is -0.125. The summed E-state index contributed by atoms with van der Waals surface area (Å²) in [6.45, 7) is 5.35. The molecule has 3 heteroatoms. The van der Waals surface area contributed by atoms with Crippen LogP contribution in [0.1, 0.15) is 30.5 Å². The maximum absolute atomic E-state index is 12.7. The van der Waals surface area contributed by atoms with E-state index < -0.39 is 5.41 Å². The van der Waals surface area contributed by atoms with Gasteiger partial charge in [0.15, 0.2) is 0 Å². The zero-order valence-corrected chi connectivity index (χ0v) is 14.5. The van der Waals surface area contributed by atoms with Gasteiger partial charge in [-0.1, -0.05) is 54.6 Å². The van der Waals surface area contributed by atoms with Gasteiger partial charge in [-0.3, -0.25) is 4.79 Å². The number of hydrogen-bond donors (Lipinski definition) is 1. The maximum Gasteiger partial charge on any atom is 0.230 e. The van der Waals surface area contributed by atoms with Crippen molar-refractivity contribution in [2.75, 3.05) is 14.1 Å². The Bertz CT molecular complexity index is 648. The summed E-state index contributed by atoms with van der Waals surface area (Å²) in [5.41, 5.74) is 2.89. The van der Waals surface area contributed by atoms with Crippen LogP contribution < -0.4 is 5.32 Å². The van der Waals surface area contributed by atoms with E-state index in [9.17, 15) is 4.79 Å². The third kappa shape index (κ3) is 4.42. The normalized spacial score (nSPS) is 11.5. The van der Waals surface area contributed by atoms with E-state index in [2.05, 4.69) is 22.3 Å². The number of nitrogens with one attached hydrogen (secondary N) is 1. The van der Waals surface area contributed by atoms with Crippen LogP contribution in [0.25, 0.3) is 0 Å². The monoisotopic (exact) mass is 310 g/mol. The van der Waals surface area contributed by atoms with E-state index in [1.807, 2.05) is 70.4 Å². The fourth-order valence-corrected chi connectivity index (χ4v) is 2.61. The molecule has 0 spiro atoms. The molecule has 0 aliphatic heterocycles. The van der Waals surface area contributed by atoms with Gasteiger partial charge in [0.25, 0.3) is 0 Å². The van der Waals surface area contributed by atoms with Gasteiger partial charge < -0.3 is 10.2 Å². The molecule has 0 atom stereocenters. The van der Waals surface area contributed by atoms with E-state index in [0.717, 1.165) is 12.1 Å². The van der Waals surface area contributed by atoms with Gasteiger partial charge in [0.2, 0.25) is 5.91 Å². The van der Waals surface area contributed by atoms with Crippen molar-refractivity contribution >= 4 is 5.91 Å². The average Bonchev–Trinajstić information content (AvgIpc) is 2.54. The first-order valence-corrected chi connectivity index (χ1v) is 7.96. The first-order valence-electron chi connectivity index (χ1n) is 7.96. The van der Waals surface area contributed by atoms with Crippen molar-refractivity contribution in [2.24, 2.45) is 0 Å². The van der Waals surface area contributed by atoms with Gasteiger partial charge in [0, 0.05) is 13.1 Å². The van der Waals surface area contributed by atoms with Crippen LogP contribution in [0.4, 0.5) is 0 Å². The summed E-state index contributed by atoms with van der Waals surface area (Å²) in [6, 6.07) is 18.2. The second-order valence-corrected chi connectivity index (χ2v) is 6.68. The summed E-state index contributed by atoms with van der Waals surface area (Å²) in [6.07, 6.45) is 0. The zero-order chi connectivity index (χ0) is 16.9. The van der Waals surface area contributed by atoms with Crippen LogP contribution in [0.5, 0.6) is 0 Å². The van der Waals surface area contributed by atoms with Gasteiger partial charge in [-0.25, -0.2) is 0 Å². The second-order valence-electron chi connectivity index (χ2n) is 6.68. The fourth-order valence-electron chi connectivity index (χ4n) is 2.61. The Kier molecular flexibility index (Phi) is 5.56. The fraction of sp³-hybridized carbons (Fsp3) is 0.350. The summed E-state index contributed by atoms with van der Waals surface area (Å²) in [5.74, 6) is 0.0448. The third-order valence-electron chi connectivity index (χ3n) is 4.11. The van der Waals surface area contributed by atoms with Gasteiger partial charge >= 0.3 is 0 Å². The molecule has 0 unspecified atom stereocenters. The molecule has 0 bridgehead atoms. The minimum atomic E-state index is -0.544. The molecule has 2 aromatic carbocycles. The zero-order valence-electron chi connectivity index (χ0n) is 14.5. The van der Waals surface area contributed by atoms with Crippen molar-refractivity contribution in [1.29, 1.82) is 0 Å².